The molecule has 0 aliphatic carbocycles. The van der Waals surface area contributed by atoms with Gasteiger partial charge in [-0.25, -0.2) is 0 Å². The maximum atomic E-state index is 11.9. The Hall–Kier alpha value is -2.22. The first-order valence-electron chi connectivity index (χ1n) is 5.05. The van der Waals surface area contributed by atoms with E-state index in [0.717, 1.165) is 0 Å². The first-order valence-corrected chi connectivity index (χ1v) is 5.46. The molecule has 0 spiro atoms. The summed E-state index contributed by atoms with van der Waals surface area (Å²) in [5.74, 6) is 0.0980. The summed E-state index contributed by atoms with van der Waals surface area (Å²) < 4.78 is 6.33. The Morgan fingerprint density at radius 1 is 1.61 bits per heavy atom. The van der Waals surface area contributed by atoms with Crippen molar-refractivity contribution >= 4 is 28.9 Å². The van der Waals surface area contributed by atoms with E-state index in [1.54, 1.807) is 14.0 Å². The van der Waals surface area contributed by atoms with Crippen LogP contribution in [0, 0.1) is 6.92 Å². The van der Waals surface area contributed by atoms with E-state index in [4.69, 9.17) is 22.5 Å². The van der Waals surface area contributed by atoms with Crippen molar-refractivity contribution in [3.8, 4) is 0 Å². The Labute approximate surface area is 108 Å². The number of hydrogen-bond acceptors (Lipinski definition) is 5. The lowest BCUT2D eigenvalue weighted by Gasteiger charge is -2.05. The number of carbonyl (C=O) groups excluding carboxylic acids is 1. The molecule has 0 bridgehead atoms. The predicted octanol–water partition coefficient (Wildman–Crippen LogP) is 0.603. The molecule has 7 nitrogen and oxygen atoms in total. The standard InChI is InChI=1S/C10H11N5O2S/c1-5-3-7(17-14-5)10(16)13-9-6(8(11)18)4-12-15(9)2/h3-4H,1-2H3,(H2,11,18)(H,13,16). The maximum Gasteiger partial charge on any atom is 0.295 e. The maximum absolute atomic E-state index is 11.9. The zero-order valence-corrected chi connectivity index (χ0v) is 10.6. The van der Waals surface area contributed by atoms with Gasteiger partial charge in [-0.3, -0.25) is 9.48 Å². The van der Waals surface area contributed by atoms with Crippen molar-refractivity contribution in [2.75, 3.05) is 5.32 Å². The summed E-state index contributed by atoms with van der Waals surface area (Å²) in [5, 5.41) is 10.2. The number of nitrogens with zero attached hydrogens (tertiary/aromatic N) is 3. The van der Waals surface area contributed by atoms with Gasteiger partial charge in [-0.2, -0.15) is 5.10 Å². The number of aryl methyl sites for hydroxylation is 2. The number of thiocarbonyl (C=S) groups is 1. The van der Waals surface area contributed by atoms with Gasteiger partial charge in [0.25, 0.3) is 5.91 Å². The molecular weight excluding hydrogens is 254 g/mol. The third-order valence-electron chi connectivity index (χ3n) is 2.29. The van der Waals surface area contributed by atoms with Crippen LogP contribution in [0.4, 0.5) is 5.82 Å². The number of aromatic nitrogens is 3. The molecule has 0 aliphatic heterocycles. The molecular formula is C10H11N5O2S. The summed E-state index contributed by atoms with van der Waals surface area (Å²) in [7, 11) is 1.67. The molecule has 0 aliphatic rings. The molecule has 0 aromatic carbocycles. The number of carbonyl (C=O) groups is 1. The lowest BCUT2D eigenvalue weighted by Crippen LogP contribution is -2.18. The molecule has 8 heteroatoms. The molecule has 0 saturated carbocycles. The summed E-state index contributed by atoms with van der Waals surface area (Å²) in [6.45, 7) is 1.73. The van der Waals surface area contributed by atoms with E-state index >= 15 is 0 Å². The zero-order valence-electron chi connectivity index (χ0n) is 9.80. The van der Waals surface area contributed by atoms with Crippen LogP contribution in [0.1, 0.15) is 21.8 Å². The van der Waals surface area contributed by atoms with Gasteiger partial charge in [0.15, 0.2) is 0 Å². The minimum Gasteiger partial charge on any atom is -0.389 e. The highest BCUT2D eigenvalue weighted by Gasteiger charge is 2.17. The summed E-state index contributed by atoms with van der Waals surface area (Å²) in [6, 6.07) is 1.53. The zero-order chi connectivity index (χ0) is 13.3. The van der Waals surface area contributed by atoms with Crippen LogP contribution in [-0.4, -0.2) is 25.8 Å². The summed E-state index contributed by atoms with van der Waals surface area (Å²) >= 11 is 4.87. The van der Waals surface area contributed by atoms with Gasteiger partial charge in [0.1, 0.15) is 10.8 Å². The molecule has 3 N–H and O–H groups in total. The Kier molecular flexibility index (Phi) is 3.11. The van der Waals surface area contributed by atoms with E-state index in [2.05, 4.69) is 15.6 Å². The van der Waals surface area contributed by atoms with Crippen molar-refractivity contribution in [3.63, 3.8) is 0 Å². The number of rotatable bonds is 3. The van der Waals surface area contributed by atoms with Crippen LogP contribution in [0.5, 0.6) is 0 Å². The number of nitrogens with one attached hydrogen (secondary N) is 1. The molecule has 1 amide bonds. The number of amides is 1. The predicted molar refractivity (Wildman–Crippen MR) is 68.3 cm³/mol. The molecule has 0 unspecified atom stereocenters. The van der Waals surface area contributed by atoms with Gasteiger partial charge in [0, 0.05) is 13.1 Å². The van der Waals surface area contributed by atoms with Crippen LogP contribution in [-0.2, 0) is 7.05 Å². The molecule has 0 fully saturated rings. The van der Waals surface area contributed by atoms with Crippen LogP contribution >= 0.6 is 12.2 Å². The number of hydrogen-bond donors (Lipinski definition) is 2. The topological polar surface area (TPSA) is 99.0 Å². The van der Waals surface area contributed by atoms with Crippen molar-refractivity contribution in [3.05, 3.63) is 29.3 Å². The van der Waals surface area contributed by atoms with Crippen molar-refractivity contribution in [2.45, 2.75) is 6.92 Å². The minimum absolute atomic E-state index is 0.114. The average Bonchev–Trinajstić information content (AvgIpc) is 2.87. The first-order chi connectivity index (χ1) is 8.49. The Morgan fingerprint density at radius 2 is 2.33 bits per heavy atom. The quantitative estimate of drug-likeness (QED) is 0.789. The fourth-order valence-electron chi connectivity index (χ4n) is 1.41. The Bertz CT molecular complexity index is 616. The lowest BCUT2D eigenvalue weighted by atomic mass is 10.3. The number of anilines is 1. The second-order valence-electron chi connectivity index (χ2n) is 3.68. The van der Waals surface area contributed by atoms with Crippen molar-refractivity contribution in [1.82, 2.24) is 14.9 Å². The normalized spacial score (nSPS) is 10.3. The van der Waals surface area contributed by atoms with Crippen molar-refractivity contribution in [1.29, 1.82) is 0 Å². The molecule has 2 rings (SSSR count). The molecule has 0 saturated heterocycles. The van der Waals surface area contributed by atoms with E-state index in [1.165, 1.54) is 16.9 Å². The largest absolute Gasteiger partial charge is 0.389 e. The van der Waals surface area contributed by atoms with Crippen molar-refractivity contribution in [2.24, 2.45) is 12.8 Å². The molecule has 0 atom stereocenters. The summed E-state index contributed by atoms with van der Waals surface area (Å²) in [4.78, 5) is 12.0. The fourth-order valence-corrected chi connectivity index (χ4v) is 1.56. The highest BCUT2D eigenvalue weighted by molar-refractivity contribution is 7.80. The van der Waals surface area contributed by atoms with Gasteiger partial charge < -0.3 is 15.6 Å². The average molecular weight is 265 g/mol. The molecule has 18 heavy (non-hydrogen) atoms. The summed E-state index contributed by atoms with van der Waals surface area (Å²) in [5.41, 5.74) is 6.66. The van der Waals surface area contributed by atoms with E-state index in [9.17, 15) is 4.79 Å². The van der Waals surface area contributed by atoms with Crippen molar-refractivity contribution < 1.29 is 9.32 Å². The first kappa shape index (κ1) is 12.2. The van der Waals surface area contributed by atoms with Crippen LogP contribution < -0.4 is 11.1 Å². The Morgan fingerprint density at radius 3 is 2.89 bits per heavy atom. The van der Waals surface area contributed by atoms with Gasteiger partial charge in [-0.1, -0.05) is 17.4 Å². The van der Waals surface area contributed by atoms with Gasteiger partial charge >= 0.3 is 0 Å². The van der Waals surface area contributed by atoms with E-state index < -0.39 is 5.91 Å². The number of nitrogens with two attached hydrogens (primary N) is 1. The van der Waals surface area contributed by atoms with Crippen LogP contribution in [0.3, 0.4) is 0 Å². The highest BCUT2D eigenvalue weighted by Crippen LogP contribution is 2.15. The van der Waals surface area contributed by atoms with E-state index in [1.807, 2.05) is 0 Å². The second kappa shape index (κ2) is 4.57. The van der Waals surface area contributed by atoms with Gasteiger partial charge in [0.05, 0.1) is 17.5 Å². The van der Waals surface area contributed by atoms with Crippen LogP contribution in [0.15, 0.2) is 16.8 Å². The molecule has 2 aromatic rings. The lowest BCUT2D eigenvalue weighted by molar-refractivity contribution is 0.0987. The smallest absolute Gasteiger partial charge is 0.295 e. The van der Waals surface area contributed by atoms with Gasteiger partial charge in [-0.05, 0) is 6.92 Å². The monoisotopic (exact) mass is 265 g/mol. The molecule has 2 aromatic heterocycles. The highest BCUT2D eigenvalue weighted by atomic mass is 32.1. The van der Waals surface area contributed by atoms with E-state index in [0.29, 0.717) is 17.1 Å². The van der Waals surface area contributed by atoms with Gasteiger partial charge in [0.2, 0.25) is 5.76 Å². The Balaban J connectivity index is 2.27. The van der Waals surface area contributed by atoms with Gasteiger partial charge in [-0.15, -0.1) is 0 Å². The fraction of sp³-hybridized carbons (Fsp3) is 0.200. The molecule has 2 heterocycles. The second-order valence-corrected chi connectivity index (χ2v) is 4.12. The minimum atomic E-state index is -0.434. The van der Waals surface area contributed by atoms with Crippen LogP contribution in [0.2, 0.25) is 0 Å². The molecule has 94 valence electrons. The van der Waals surface area contributed by atoms with E-state index in [-0.39, 0.29) is 10.7 Å². The third-order valence-corrected chi connectivity index (χ3v) is 2.51. The summed E-state index contributed by atoms with van der Waals surface area (Å²) in [6.07, 6.45) is 1.49. The SMILES string of the molecule is Cc1cc(C(=O)Nc2c(C(N)=S)cnn2C)on1. The van der Waals surface area contributed by atoms with Crippen LogP contribution in [0.25, 0.3) is 0 Å². The molecule has 0 radical (unpaired) electrons. The third kappa shape index (κ3) is 2.23.